The van der Waals surface area contributed by atoms with Crippen molar-refractivity contribution in [1.82, 2.24) is 4.40 Å². The Morgan fingerprint density at radius 3 is 2.76 bits per heavy atom. The van der Waals surface area contributed by atoms with E-state index in [9.17, 15) is 10.1 Å². The van der Waals surface area contributed by atoms with Gasteiger partial charge in [0.2, 0.25) is 0 Å². The van der Waals surface area contributed by atoms with Crippen LogP contribution < -0.4 is 0 Å². The van der Waals surface area contributed by atoms with Crippen molar-refractivity contribution in [2.45, 2.75) is 23.8 Å². The first-order chi connectivity index (χ1) is 14.0. The molecule has 0 amide bonds. The van der Waals surface area contributed by atoms with E-state index in [-0.39, 0.29) is 5.97 Å². The topological polar surface area (TPSA) is 54.5 Å². The van der Waals surface area contributed by atoms with E-state index in [1.54, 1.807) is 18.7 Å². The zero-order valence-electron chi connectivity index (χ0n) is 15.9. The van der Waals surface area contributed by atoms with Gasteiger partial charge in [-0.05, 0) is 49.2 Å². The van der Waals surface area contributed by atoms with Crippen LogP contribution in [0.5, 0.6) is 0 Å². The molecule has 0 radical (unpaired) electrons. The zero-order chi connectivity index (χ0) is 20.5. The van der Waals surface area contributed by atoms with Crippen LogP contribution in [0.3, 0.4) is 0 Å². The number of esters is 1. The number of aromatic nitrogens is 1. The fourth-order valence-corrected chi connectivity index (χ4v) is 5.87. The molecule has 4 rings (SSSR count). The minimum atomic E-state index is -0.385. The average Bonchev–Trinajstić information content (AvgIpc) is 3.22. The van der Waals surface area contributed by atoms with Crippen LogP contribution in [0.25, 0.3) is 16.4 Å². The Balaban J connectivity index is 1.89. The number of aryl methyl sites for hydroxylation is 1. The molecule has 0 saturated carbocycles. The summed E-state index contributed by atoms with van der Waals surface area (Å²) in [6.07, 6.45) is 1.97. The third-order valence-corrected chi connectivity index (χ3v) is 7.52. The van der Waals surface area contributed by atoms with E-state index in [4.69, 9.17) is 4.74 Å². The number of carbonyl (C=O) groups excluding carboxylic acids is 1. The largest absolute Gasteiger partial charge is 0.462 e. The predicted octanol–water partition coefficient (Wildman–Crippen LogP) is 6.57. The van der Waals surface area contributed by atoms with Gasteiger partial charge in [-0.3, -0.25) is 0 Å². The number of rotatable bonds is 5. The summed E-state index contributed by atoms with van der Waals surface area (Å²) in [6.45, 7) is 4.07. The maximum absolute atomic E-state index is 12.8. The normalized spacial score (nSPS) is 11.1. The van der Waals surface area contributed by atoms with Crippen molar-refractivity contribution in [1.29, 1.82) is 5.26 Å². The average molecular weight is 485 g/mol. The highest BCUT2D eigenvalue weighted by molar-refractivity contribution is 9.10. The van der Waals surface area contributed by atoms with E-state index >= 15 is 0 Å². The molecule has 4 aromatic rings. The molecule has 0 fully saturated rings. The smallest absolute Gasteiger partial charge is 0.341 e. The van der Waals surface area contributed by atoms with Crippen molar-refractivity contribution >= 4 is 61.4 Å². The van der Waals surface area contributed by atoms with Crippen LogP contribution in [0.4, 0.5) is 0 Å². The Labute approximate surface area is 185 Å². The fraction of sp³-hybridized carbons (Fsp3) is 0.182. The molecule has 0 unspecified atom stereocenters. The van der Waals surface area contributed by atoms with Gasteiger partial charge in [-0.15, -0.1) is 23.1 Å². The first kappa shape index (κ1) is 20.0. The fourth-order valence-electron chi connectivity index (χ4n) is 3.29. The van der Waals surface area contributed by atoms with Crippen molar-refractivity contribution in [3.05, 3.63) is 68.6 Å². The Kier molecular flexibility index (Phi) is 5.68. The first-order valence-electron chi connectivity index (χ1n) is 9.05. The Bertz CT molecular complexity index is 1270. The summed E-state index contributed by atoms with van der Waals surface area (Å²) in [6, 6.07) is 14.5. The molecule has 1 aromatic carbocycles. The van der Waals surface area contributed by atoms with Gasteiger partial charge in [-0.1, -0.05) is 28.1 Å². The number of ether oxygens (including phenoxy) is 1. The van der Waals surface area contributed by atoms with Crippen LogP contribution in [0.15, 0.2) is 51.3 Å². The van der Waals surface area contributed by atoms with Gasteiger partial charge in [0.15, 0.2) is 0 Å². The lowest BCUT2D eigenvalue weighted by atomic mass is 10.1. The number of hydrogen-bond acceptors (Lipinski definition) is 5. The van der Waals surface area contributed by atoms with Crippen molar-refractivity contribution < 1.29 is 9.53 Å². The van der Waals surface area contributed by atoms with Gasteiger partial charge in [-0.25, -0.2) is 4.79 Å². The molecule has 0 saturated heterocycles. The molecule has 29 heavy (non-hydrogen) atoms. The molecule has 0 spiro atoms. The van der Waals surface area contributed by atoms with Crippen molar-refractivity contribution in [2.75, 3.05) is 6.61 Å². The molecule has 0 atom stereocenters. The van der Waals surface area contributed by atoms with Crippen molar-refractivity contribution in [2.24, 2.45) is 0 Å². The monoisotopic (exact) mass is 484 g/mol. The molecule has 0 aliphatic rings. The SMILES string of the molecule is CCOC(=O)c1c2c(C#N)sc(SCc3ccc(Br)cc3)c2n2ccc(C)cc12. The van der Waals surface area contributed by atoms with Gasteiger partial charge in [0.25, 0.3) is 0 Å². The summed E-state index contributed by atoms with van der Waals surface area (Å²) in [7, 11) is 0. The van der Waals surface area contributed by atoms with Crippen LogP contribution in [-0.4, -0.2) is 17.0 Å². The van der Waals surface area contributed by atoms with Crippen molar-refractivity contribution in [3.8, 4) is 6.07 Å². The third kappa shape index (κ3) is 3.68. The maximum Gasteiger partial charge on any atom is 0.341 e. The number of benzene rings is 1. The minimum absolute atomic E-state index is 0.292. The van der Waals surface area contributed by atoms with E-state index in [2.05, 4.69) is 34.1 Å². The second kappa shape index (κ2) is 8.23. The van der Waals surface area contributed by atoms with E-state index in [1.807, 2.05) is 41.8 Å². The molecular formula is C22H17BrN2O2S2. The molecule has 146 valence electrons. The van der Waals surface area contributed by atoms with Gasteiger partial charge in [0.1, 0.15) is 10.9 Å². The number of nitrogens with zero attached hydrogens (tertiary/aromatic N) is 2. The van der Waals surface area contributed by atoms with Gasteiger partial charge in [0.05, 0.1) is 27.4 Å². The summed E-state index contributed by atoms with van der Waals surface area (Å²) >= 11 is 6.58. The number of fused-ring (bicyclic) bond motifs is 3. The summed E-state index contributed by atoms with van der Waals surface area (Å²) in [5.74, 6) is 0.395. The number of nitriles is 1. The Morgan fingerprint density at radius 2 is 2.07 bits per heavy atom. The van der Waals surface area contributed by atoms with Gasteiger partial charge in [-0.2, -0.15) is 5.26 Å². The van der Waals surface area contributed by atoms with Crippen LogP contribution in [0.1, 0.15) is 33.3 Å². The quantitative estimate of drug-likeness (QED) is 0.237. The number of carbonyl (C=O) groups is 1. The van der Waals surface area contributed by atoms with E-state index in [0.717, 1.165) is 31.0 Å². The molecule has 0 bridgehead atoms. The summed E-state index contributed by atoms with van der Waals surface area (Å²) in [5, 5.41) is 10.5. The highest BCUT2D eigenvalue weighted by Gasteiger charge is 2.26. The minimum Gasteiger partial charge on any atom is -0.462 e. The first-order valence-corrected chi connectivity index (χ1v) is 11.6. The predicted molar refractivity (Wildman–Crippen MR) is 122 cm³/mol. The molecule has 3 heterocycles. The molecule has 3 aromatic heterocycles. The Hall–Kier alpha value is -2.27. The molecule has 4 nitrogen and oxygen atoms in total. The second-order valence-electron chi connectivity index (χ2n) is 6.52. The third-order valence-electron chi connectivity index (χ3n) is 4.57. The Morgan fingerprint density at radius 1 is 1.31 bits per heavy atom. The summed E-state index contributed by atoms with van der Waals surface area (Å²) in [4.78, 5) is 13.3. The highest BCUT2D eigenvalue weighted by Crippen LogP contribution is 2.43. The number of thioether (sulfide) groups is 1. The molecule has 0 aliphatic heterocycles. The van der Waals surface area contributed by atoms with Crippen LogP contribution in [0, 0.1) is 18.3 Å². The number of thiophene rings is 1. The van der Waals surface area contributed by atoms with E-state index in [1.165, 1.54) is 16.9 Å². The van der Waals surface area contributed by atoms with Gasteiger partial charge in [0, 0.05) is 21.8 Å². The lowest BCUT2D eigenvalue weighted by molar-refractivity contribution is 0.0531. The van der Waals surface area contributed by atoms with Gasteiger partial charge >= 0.3 is 5.97 Å². The number of pyridine rings is 1. The number of halogens is 1. The molecule has 0 aliphatic carbocycles. The van der Waals surface area contributed by atoms with Crippen LogP contribution >= 0.6 is 39.0 Å². The second-order valence-corrected chi connectivity index (χ2v) is 9.70. The molecule has 7 heteroatoms. The number of hydrogen-bond donors (Lipinski definition) is 0. The molecule has 0 N–H and O–H groups in total. The van der Waals surface area contributed by atoms with E-state index in [0.29, 0.717) is 22.4 Å². The van der Waals surface area contributed by atoms with Crippen molar-refractivity contribution in [3.63, 3.8) is 0 Å². The standard InChI is InChI=1S/C22H17BrN2O2S2/c1-3-27-21(26)18-16-10-13(2)8-9-25(16)20-19(18)17(11-24)29-22(20)28-12-14-4-6-15(23)7-5-14/h4-10H,3,12H2,1-2H3. The van der Waals surface area contributed by atoms with Crippen LogP contribution in [0.2, 0.25) is 0 Å². The maximum atomic E-state index is 12.8. The van der Waals surface area contributed by atoms with Crippen LogP contribution in [-0.2, 0) is 10.5 Å². The molecular weight excluding hydrogens is 468 g/mol. The lowest BCUT2D eigenvalue weighted by Crippen LogP contribution is -2.05. The highest BCUT2D eigenvalue weighted by atomic mass is 79.9. The summed E-state index contributed by atoms with van der Waals surface area (Å²) in [5.41, 5.74) is 4.42. The lowest BCUT2D eigenvalue weighted by Gasteiger charge is -2.04. The zero-order valence-corrected chi connectivity index (χ0v) is 19.1. The summed E-state index contributed by atoms with van der Waals surface area (Å²) < 4.78 is 9.40. The van der Waals surface area contributed by atoms with E-state index < -0.39 is 0 Å². The van der Waals surface area contributed by atoms with Gasteiger partial charge < -0.3 is 9.14 Å².